The zero-order valence-corrected chi connectivity index (χ0v) is 12.5. The first-order valence-electron chi connectivity index (χ1n) is 7.18. The van der Waals surface area contributed by atoms with Crippen molar-refractivity contribution < 1.29 is 9.59 Å². The zero-order valence-electron chi connectivity index (χ0n) is 12.5. The molecule has 21 heavy (non-hydrogen) atoms. The SMILES string of the molecule is CC(C)CNC(=O)CNc1cc2c(cc1N)CCC(=O)N2. The molecule has 1 aliphatic heterocycles. The number of nitrogen functional groups attached to an aromatic ring is 1. The largest absolute Gasteiger partial charge is 0.397 e. The Morgan fingerprint density at radius 3 is 2.86 bits per heavy atom. The molecule has 6 heteroatoms. The minimum atomic E-state index is -0.0788. The lowest BCUT2D eigenvalue weighted by Crippen LogP contribution is -2.32. The summed E-state index contributed by atoms with van der Waals surface area (Å²) in [6.45, 7) is 4.88. The molecule has 0 unspecified atom stereocenters. The van der Waals surface area contributed by atoms with Gasteiger partial charge in [0.1, 0.15) is 0 Å². The third-order valence-corrected chi connectivity index (χ3v) is 3.32. The molecule has 0 bridgehead atoms. The van der Waals surface area contributed by atoms with E-state index in [0.29, 0.717) is 36.7 Å². The van der Waals surface area contributed by atoms with Gasteiger partial charge in [-0.05, 0) is 30.0 Å². The molecule has 5 N–H and O–H groups in total. The molecule has 0 aliphatic carbocycles. The van der Waals surface area contributed by atoms with E-state index in [1.165, 1.54) is 0 Å². The maximum absolute atomic E-state index is 11.7. The lowest BCUT2D eigenvalue weighted by molar-refractivity contribution is -0.119. The van der Waals surface area contributed by atoms with Crippen LogP contribution in [0.1, 0.15) is 25.8 Å². The molecule has 114 valence electrons. The minimum Gasteiger partial charge on any atom is -0.397 e. The average Bonchev–Trinajstić information content (AvgIpc) is 2.43. The summed E-state index contributed by atoms with van der Waals surface area (Å²) in [4.78, 5) is 23.1. The first-order chi connectivity index (χ1) is 9.95. The van der Waals surface area contributed by atoms with E-state index >= 15 is 0 Å². The van der Waals surface area contributed by atoms with Crippen LogP contribution in [0.5, 0.6) is 0 Å². The van der Waals surface area contributed by atoms with Crippen molar-refractivity contribution in [3.63, 3.8) is 0 Å². The van der Waals surface area contributed by atoms with Gasteiger partial charge in [-0.25, -0.2) is 0 Å². The van der Waals surface area contributed by atoms with Gasteiger partial charge in [-0.3, -0.25) is 9.59 Å². The summed E-state index contributed by atoms with van der Waals surface area (Å²) in [5, 5.41) is 8.66. The molecule has 1 aliphatic rings. The van der Waals surface area contributed by atoms with Crippen LogP contribution in [0.15, 0.2) is 12.1 Å². The summed E-state index contributed by atoms with van der Waals surface area (Å²) >= 11 is 0. The van der Waals surface area contributed by atoms with Crippen LogP contribution >= 0.6 is 0 Å². The van der Waals surface area contributed by atoms with E-state index in [9.17, 15) is 9.59 Å². The Labute approximate surface area is 124 Å². The average molecular weight is 290 g/mol. The highest BCUT2D eigenvalue weighted by Gasteiger charge is 2.16. The topological polar surface area (TPSA) is 96.2 Å². The molecular weight excluding hydrogens is 268 g/mol. The van der Waals surface area contributed by atoms with Crippen molar-refractivity contribution in [1.82, 2.24) is 5.32 Å². The Morgan fingerprint density at radius 2 is 2.14 bits per heavy atom. The Balaban J connectivity index is 1.99. The summed E-state index contributed by atoms with van der Waals surface area (Å²) in [5.41, 5.74) is 9.03. The number of amides is 2. The van der Waals surface area contributed by atoms with Gasteiger partial charge in [-0.1, -0.05) is 13.8 Å². The third kappa shape index (κ3) is 4.11. The molecule has 1 aromatic carbocycles. The van der Waals surface area contributed by atoms with Gasteiger partial charge in [0.25, 0.3) is 0 Å². The second-order valence-electron chi connectivity index (χ2n) is 5.70. The number of rotatable bonds is 5. The van der Waals surface area contributed by atoms with E-state index in [1.807, 2.05) is 19.9 Å². The molecule has 2 amide bonds. The molecule has 0 atom stereocenters. The Hall–Kier alpha value is -2.24. The van der Waals surface area contributed by atoms with Crippen molar-refractivity contribution >= 4 is 28.9 Å². The Kier molecular flexibility index (Phi) is 4.67. The van der Waals surface area contributed by atoms with Crippen LogP contribution in [0.4, 0.5) is 17.1 Å². The highest BCUT2D eigenvalue weighted by atomic mass is 16.2. The molecule has 0 saturated carbocycles. The number of carbonyl (C=O) groups excluding carboxylic acids is 2. The van der Waals surface area contributed by atoms with Crippen LogP contribution in [-0.4, -0.2) is 24.9 Å². The summed E-state index contributed by atoms with van der Waals surface area (Å²) in [7, 11) is 0. The highest BCUT2D eigenvalue weighted by molar-refractivity contribution is 5.95. The quantitative estimate of drug-likeness (QED) is 0.615. The summed E-state index contributed by atoms with van der Waals surface area (Å²) in [6.07, 6.45) is 1.18. The number of aryl methyl sites for hydroxylation is 1. The molecule has 1 aromatic rings. The Bertz CT molecular complexity index is 555. The molecule has 0 saturated heterocycles. The van der Waals surface area contributed by atoms with E-state index in [1.54, 1.807) is 6.07 Å². The van der Waals surface area contributed by atoms with Gasteiger partial charge in [0.05, 0.1) is 17.9 Å². The van der Waals surface area contributed by atoms with Crippen molar-refractivity contribution in [3.8, 4) is 0 Å². The van der Waals surface area contributed by atoms with Crippen LogP contribution in [0.2, 0.25) is 0 Å². The third-order valence-electron chi connectivity index (χ3n) is 3.32. The zero-order chi connectivity index (χ0) is 15.4. The smallest absolute Gasteiger partial charge is 0.239 e. The predicted octanol–water partition coefficient (Wildman–Crippen LogP) is 1.34. The number of anilines is 3. The fraction of sp³-hybridized carbons (Fsp3) is 0.467. The number of carbonyl (C=O) groups is 2. The van der Waals surface area contributed by atoms with Gasteiger partial charge in [-0.2, -0.15) is 0 Å². The molecule has 1 heterocycles. The fourth-order valence-electron chi connectivity index (χ4n) is 2.16. The van der Waals surface area contributed by atoms with E-state index in [4.69, 9.17) is 5.73 Å². The van der Waals surface area contributed by atoms with E-state index < -0.39 is 0 Å². The summed E-state index contributed by atoms with van der Waals surface area (Å²) in [6, 6.07) is 3.64. The first kappa shape index (κ1) is 15.2. The summed E-state index contributed by atoms with van der Waals surface area (Å²) in [5.74, 6) is 0.343. The van der Waals surface area contributed by atoms with Gasteiger partial charge in [0.2, 0.25) is 11.8 Å². The van der Waals surface area contributed by atoms with Crippen molar-refractivity contribution in [2.75, 3.05) is 29.5 Å². The standard InChI is InChI=1S/C15H22N4O2/c1-9(2)7-18-15(21)8-17-13-6-12-10(5-11(13)16)3-4-14(20)19-12/h5-6,9,17H,3-4,7-8,16H2,1-2H3,(H,18,21)(H,19,20). The first-order valence-corrected chi connectivity index (χ1v) is 7.18. The maximum Gasteiger partial charge on any atom is 0.239 e. The number of hydrogen-bond donors (Lipinski definition) is 4. The highest BCUT2D eigenvalue weighted by Crippen LogP contribution is 2.30. The van der Waals surface area contributed by atoms with Gasteiger partial charge in [0, 0.05) is 18.7 Å². The molecular formula is C15H22N4O2. The molecule has 0 spiro atoms. The van der Waals surface area contributed by atoms with Crippen molar-refractivity contribution in [2.45, 2.75) is 26.7 Å². The van der Waals surface area contributed by atoms with E-state index in [2.05, 4.69) is 16.0 Å². The minimum absolute atomic E-state index is 0.00731. The monoisotopic (exact) mass is 290 g/mol. The van der Waals surface area contributed by atoms with Crippen molar-refractivity contribution in [3.05, 3.63) is 17.7 Å². The molecule has 0 radical (unpaired) electrons. The molecule has 0 aromatic heterocycles. The van der Waals surface area contributed by atoms with E-state index in [-0.39, 0.29) is 18.4 Å². The van der Waals surface area contributed by atoms with Gasteiger partial charge in [-0.15, -0.1) is 0 Å². The summed E-state index contributed by atoms with van der Waals surface area (Å²) < 4.78 is 0. The molecule has 0 fully saturated rings. The van der Waals surface area contributed by atoms with Crippen LogP contribution < -0.4 is 21.7 Å². The van der Waals surface area contributed by atoms with Gasteiger partial charge in [0.15, 0.2) is 0 Å². The predicted molar refractivity (Wildman–Crippen MR) is 84.1 cm³/mol. The Morgan fingerprint density at radius 1 is 1.38 bits per heavy atom. The maximum atomic E-state index is 11.7. The fourth-order valence-corrected chi connectivity index (χ4v) is 2.16. The van der Waals surface area contributed by atoms with Crippen LogP contribution in [0.3, 0.4) is 0 Å². The van der Waals surface area contributed by atoms with E-state index in [0.717, 1.165) is 11.3 Å². The lowest BCUT2D eigenvalue weighted by Gasteiger charge is -2.19. The van der Waals surface area contributed by atoms with Crippen LogP contribution in [0.25, 0.3) is 0 Å². The second-order valence-corrected chi connectivity index (χ2v) is 5.70. The van der Waals surface area contributed by atoms with Crippen LogP contribution in [0, 0.1) is 5.92 Å². The number of nitrogens with one attached hydrogen (secondary N) is 3. The molecule has 6 nitrogen and oxygen atoms in total. The lowest BCUT2D eigenvalue weighted by atomic mass is 10.0. The van der Waals surface area contributed by atoms with Crippen molar-refractivity contribution in [1.29, 1.82) is 0 Å². The number of fused-ring (bicyclic) bond motifs is 1. The number of nitrogens with two attached hydrogens (primary N) is 1. The van der Waals surface area contributed by atoms with Crippen LogP contribution in [-0.2, 0) is 16.0 Å². The number of hydrogen-bond acceptors (Lipinski definition) is 4. The van der Waals surface area contributed by atoms with Crippen molar-refractivity contribution in [2.24, 2.45) is 5.92 Å². The molecule has 2 rings (SSSR count). The normalized spacial score (nSPS) is 13.6. The second kappa shape index (κ2) is 6.47. The van der Waals surface area contributed by atoms with Gasteiger partial charge < -0.3 is 21.7 Å². The van der Waals surface area contributed by atoms with Gasteiger partial charge >= 0.3 is 0 Å². The number of benzene rings is 1.